The van der Waals surface area contributed by atoms with Crippen molar-refractivity contribution in [3.05, 3.63) is 69.9 Å². The molecule has 4 fully saturated rings. The zero-order chi connectivity index (χ0) is 46.3. The molecule has 64 heavy (non-hydrogen) atoms. The molecule has 0 aromatic carbocycles. The van der Waals surface area contributed by atoms with Crippen LogP contribution in [-0.4, -0.2) is 24.1 Å². The van der Waals surface area contributed by atoms with Crippen LogP contribution in [0.1, 0.15) is 187 Å². The van der Waals surface area contributed by atoms with Crippen molar-refractivity contribution in [2.45, 2.75) is 199 Å². The minimum Gasteiger partial charge on any atom is -0.462 e. The van der Waals surface area contributed by atoms with Gasteiger partial charge in [0.15, 0.2) is 0 Å². The molecule has 8 aliphatic rings. The molecular formula is C60H90O4. The van der Waals surface area contributed by atoms with Gasteiger partial charge in [0.05, 0.1) is 0 Å². The van der Waals surface area contributed by atoms with Gasteiger partial charge in [0.2, 0.25) is 0 Å². The lowest BCUT2D eigenvalue weighted by molar-refractivity contribution is -0.148. The summed E-state index contributed by atoms with van der Waals surface area (Å²) in [6.45, 7) is 33.0. The van der Waals surface area contributed by atoms with Gasteiger partial charge < -0.3 is 9.47 Å². The quantitative estimate of drug-likeness (QED) is 0.153. The highest BCUT2D eigenvalue weighted by atomic mass is 16.5. The summed E-state index contributed by atoms with van der Waals surface area (Å²) in [5.41, 5.74) is 10.8. The number of fused-ring (bicyclic) bond motifs is 8. The zero-order valence-electron chi connectivity index (χ0n) is 43.1. The number of hydrogen-bond donors (Lipinski definition) is 0. The van der Waals surface area contributed by atoms with E-state index in [2.05, 4.69) is 120 Å². The molecule has 16 unspecified atom stereocenters. The Labute approximate surface area is 391 Å². The second kappa shape index (κ2) is 17.8. The molecule has 4 nitrogen and oxygen atoms in total. The molecule has 0 amide bonds. The van der Waals surface area contributed by atoms with Crippen LogP contribution >= 0.6 is 0 Å². The molecule has 4 heteroatoms. The number of carbonyl (C=O) groups is 2. The zero-order valence-corrected chi connectivity index (χ0v) is 43.1. The van der Waals surface area contributed by atoms with Crippen molar-refractivity contribution in [2.24, 2.45) is 92.7 Å². The van der Waals surface area contributed by atoms with Crippen molar-refractivity contribution in [3.8, 4) is 0 Å². The Kier molecular flexibility index (Phi) is 13.3. The smallest absolute Gasteiger partial charge is 0.302 e. The van der Waals surface area contributed by atoms with E-state index in [4.69, 9.17) is 9.47 Å². The van der Waals surface area contributed by atoms with Crippen LogP contribution in [0.25, 0.3) is 0 Å². The van der Waals surface area contributed by atoms with E-state index in [1.165, 1.54) is 51.4 Å². The third-order valence-electron chi connectivity index (χ3n) is 21.0. The Morgan fingerprint density at radius 3 is 1.27 bits per heavy atom. The van der Waals surface area contributed by atoms with Crippen molar-refractivity contribution in [1.82, 2.24) is 0 Å². The van der Waals surface area contributed by atoms with Crippen LogP contribution in [0.2, 0.25) is 0 Å². The highest BCUT2D eigenvalue weighted by molar-refractivity contribution is 5.66. The lowest BCUT2D eigenvalue weighted by Crippen LogP contribution is -2.48. The Morgan fingerprint density at radius 1 is 0.547 bits per heavy atom. The molecule has 0 aromatic heterocycles. The van der Waals surface area contributed by atoms with E-state index >= 15 is 0 Å². The Morgan fingerprint density at radius 2 is 0.922 bits per heavy atom. The monoisotopic (exact) mass is 875 g/mol. The first-order valence-corrected chi connectivity index (χ1v) is 26.7. The van der Waals surface area contributed by atoms with E-state index in [0.717, 1.165) is 38.5 Å². The van der Waals surface area contributed by atoms with Crippen LogP contribution in [0.15, 0.2) is 69.9 Å². The van der Waals surface area contributed by atoms with E-state index in [1.807, 2.05) is 11.1 Å². The molecule has 0 aromatic rings. The Balaban J connectivity index is 1.26. The maximum atomic E-state index is 12.5. The van der Waals surface area contributed by atoms with Crippen molar-refractivity contribution < 1.29 is 19.1 Å². The summed E-state index contributed by atoms with van der Waals surface area (Å²) in [7, 11) is 0. The number of hydrogen-bond acceptors (Lipinski definition) is 4. The van der Waals surface area contributed by atoms with Crippen molar-refractivity contribution in [3.63, 3.8) is 0 Å². The van der Waals surface area contributed by atoms with Crippen molar-refractivity contribution in [2.75, 3.05) is 0 Å². The fraction of sp³-hybridized carbons (Fsp3) is 0.767. The first kappa shape index (κ1) is 47.9. The topological polar surface area (TPSA) is 52.6 Å². The Bertz CT molecular complexity index is 1860. The normalized spacial score (nSPS) is 41.4. The van der Waals surface area contributed by atoms with Gasteiger partial charge in [0.25, 0.3) is 0 Å². The third kappa shape index (κ3) is 8.17. The van der Waals surface area contributed by atoms with E-state index in [0.29, 0.717) is 71.0 Å². The standard InChI is InChI=1S/C60H90O4/c1-35(2)37(5)15-17-39(7)49-19-21-51-55-47(33-43-31-45(63-41(9)61)23-27-57(43,11)53(55)25-29-59(49,51)13)48-34-44-32-46(64-42(10)62)24-28-58(44,12)54-26-30-60(14)50(20-22-52(60)56(48)54)40(8)18-16-38(6)36(3)4/h15-18,33-40,45-52H,19-32H2,1-14H3/b17-15-,18-16-. The van der Waals surface area contributed by atoms with Crippen LogP contribution in [0.3, 0.4) is 0 Å². The van der Waals surface area contributed by atoms with Crippen molar-refractivity contribution in [1.29, 1.82) is 0 Å². The lowest BCUT2D eigenvalue weighted by atomic mass is 9.47. The third-order valence-corrected chi connectivity index (χ3v) is 21.0. The van der Waals surface area contributed by atoms with Crippen molar-refractivity contribution >= 4 is 11.9 Å². The summed E-state index contributed by atoms with van der Waals surface area (Å²) in [6.07, 6.45) is 31.6. The van der Waals surface area contributed by atoms with Crippen LogP contribution in [-0.2, 0) is 19.1 Å². The van der Waals surface area contributed by atoms with Gasteiger partial charge in [0.1, 0.15) is 12.2 Å². The highest BCUT2D eigenvalue weighted by Gasteiger charge is 2.61. The minimum atomic E-state index is -0.149. The van der Waals surface area contributed by atoms with Crippen LogP contribution in [0.5, 0.6) is 0 Å². The van der Waals surface area contributed by atoms with Gasteiger partial charge in [-0.1, -0.05) is 153 Å². The molecule has 8 aliphatic carbocycles. The number of ether oxygens (including phenoxy) is 2. The molecule has 16 atom stereocenters. The van der Waals surface area contributed by atoms with Gasteiger partial charge in [-0.25, -0.2) is 0 Å². The molecule has 0 radical (unpaired) electrons. The molecule has 8 rings (SSSR count). The lowest BCUT2D eigenvalue weighted by Gasteiger charge is -2.58. The SMILES string of the molecule is CC(=O)OC1CCC2(C)C(=CC(C3C=C4CC(OC(C)=O)CCC4(C)C4=C3C3CCC(C(C)/C=C\C(C)C(C)C)C3(C)CC4)C3=C2CCC2(C)C3CCC2C(C)/C=C\C(C)C(C)C)C1. The summed E-state index contributed by atoms with van der Waals surface area (Å²) >= 11 is 0. The summed E-state index contributed by atoms with van der Waals surface area (Å²) in [6, 6.07) is 0. The number of esters is 2. The maximum Gasteiger partial charge on any atom is 0.302 e. The van der Waals surface area contributed by atoms with Gasteiger partial charge in [-0.05, 0) is 147 Å². The number of rotatable bonds is 11. The van der Waals surface area contributed by atoms with Gasteiger partial charge in [0, 0.05) is 49.4 Å². The van der Waals surface area contributed by atoms with E-state index in [1.54, 1.807) is 36.1 Å². The van der Waals surface area contributed by atoms with Gasteiger partial charge in [-0.2, -0.15) is 0 Å². The second-order valence-electron chi connectivity index (χ2n) is 25.1. The molecule has 0 saturated heterocycles. The van der Waals surface area contributed by atoms with Crippen LogP contribution < -0.4 is 0 Å². The molecule has 0 spiro atoms. The van der Waals surface area contributed by atoms with Gasteiger partial charge in [-0.3, -0.25) is 9.59 Å². The first-order valence-electron chi connectivity index (χ1n) is 26.7. The minimum absolute atomic E-state index is 0.0212. The molecule has 354 valence electrons. The predicted molar refractivity (Wildman–Crippen MR) is 264 cm³/mol. The summed E-state index contributed by atoms with van der Waals surface area (Å²) in [4.78, 5) is 25.0. The van der Waals surface area contributed by atoms with Gasteiger partial charge in [-0.15, -0.1) is 0 Å². The average Bonchev–Trinajstić information content (AvgIpc) is 3.78. The highest BCUT2D eigenvalue weighted by Crippen LogP contribution is 2.71. The van der Waals surface area contributed by atoms with E-state index in [-0.39, 0.29) is 45.8 Å². The average molecular weight is 875 g/mol. The fourth-order valence-corrected chi connectivity index (χ4v) is 16.4. The predicted octanol–water partition coefficient (Wildman–Crippen LogP) is 15.6. The first-order chi connectivity index (χ1) is 30.1. The molecule has 0 N–H and O–H groups in total. The number of allylic oxidation sites excluding steroid dienone is 10. The molecule has 4 saturated carbocycles. The molecular weight excluding hydrogens is 785 g/mol. The second-order valence-corrected chi connectivity index (χ2v) is 25.1. The van der Waals surface area contributed by atoms with Crippen LogP contribution in [0.4, 0.5) is 0 Å². The molecule has 0 aliphatic heterocycles. The van der Waals surface area contributed by atoms with Crippen LogP contribution in [0, 0.1) is 92.7 Å². The summed E-state index contributed by atoms with van der Waals surface area (Å²) < 4.78 is 12.2. The van der Waals surface area contributed by atoms with E-state index in [9.17, 15) is 9.59 Å². The molecule has 0 heterocycles. The fourth-order valence-electron chi connectivity index (χ4n) is 16.4. The number of carbonyl (C=O) groups excluding carboxylic acids is 2. The largest absolute Gasteiger partial charge is 0.462 e. The maximum absolute atomic E-state index is 12.5. The van der Waals surface area contributed by atoms with Gasteiger partial charge >= 0.3 is 11.9 Å². The summed E-state index contributed by atoms with van der Waals surface area (Å²) in [5, 5.41) is 0. The Hall–Kier alpha value is -2.62. The molecule has 0 bridgehead atoms. The summed E-state index contributed by atoms with van der Waals surface area (Å²) in [5.74, 6) is 6.39. The van der Waals surface area contributed by atoms with E-state index < -0.39 is 0 Å².